The van der Waals surface area contributed by atoms with Crippen molar-refractivity contribution in [2.45, 2.75) is 39.2 Å². The molecule has 2 unspecified atom stereocenters. The molecule has 1 amide bonds. The number of benzene rings is 1. The number of hydrogen-bond donors (Lipinski definition) is 3. The molecule has 1 rings (SSSR count). The molecule has 0 spiro atoms. The van der Waals surface area contributed by atoms with Crippen molar-refractivity contribution in [3.63, 3.8) is 0 Å². The quantitative estimate of drug-likeness (QED) is 0.308. The number of oxime groups is 1. The number of amidine groups is 1. The maximum absolute atomic E-state index is 12.3. The fourth-order valence-corrected chi connectivity index (χ4v) is 2.10. The second kappa shape index (κ2) is 8.19. The Morgan fingerprint density at radius 2 is 2.05 bits per heavy atom. The number of hydrogen-bond acceptors (Lipinski definition) is 3. The highest BCUT2D eigenvalue weighted by Gasteiger charge is 2.24. The Balaban J connectivity index is 2.77. The van der Waals surface area contributed by atoms with Crippen molar-refractivity contribution in [1.82, 2.24) is 5.32 Å². The van der Waals surface area contributed by atoms with Crippen molar-refractivity contribution in [2.24, 2.45) is 16.8 Å². The van der Waals surface area contributed by atoms with E-state index in [4.69, 9.17) is 10.9 Å². The number of nitrogens with zero attached hydrogens (tertiary/aromatic N) is 1. The van der Waals surface area contributed by atoms with Gasteiger partial charge in [0.15, 0.2) is 5.84 Å². The van der Waals surface area contributed by atoms with Gasteiger partial charge in [0.1, 0.15) is 5.92 Å². The molecule has 0 saturated heterocycles. The van der Waals surface area contributed by atoms with Gasteiger partial charge in [-0.25, -0.2) is 0 Å². The van der Waals surface area contributed by atoms with Crippen molar-refractivity contribution in [3.8, 4) is 0 Å². The molecule has 5 nitrogen and oxygen atoms in total. The molecule has 0 aliphatic rings. The van der Waals surface area contributed by atoms with Crippen LogP contribution < -0.4 is 11.1 Å². The van der Waals surface area contributed by atoms with Crippen LogP contribution in [0.3, 0.4) is 0 Å². The van der Waals surface area contributed by atoms with Crippen LogP contribution in [0.4, 0.5) is 0 Å². The summed E-state index contributed by atoms with van der Waals surface area (Å²) in [5.41, 5.74) is 6.63. The highest BCUT2D eigenvalue weighted by Crippen LogP contribution is 2.10. The molecule has 20 heavy (non-hydrogen) atoms. The highest BCUT2D eigenvalue weighted by atomic mass is 16.4. The predicted molar refractivity (Wildman–Crippen MR) is 79.6 cm³/mol. The first-order valence-corrected chi connectivity index (χ1v) is 6.90. The van der Waals surface area contributed by atoms with E-state index in [0.717, 1.165) is 18.4 Å². The smallest absolute Gasteiger partial charge is 0.231 e. The molecule has 0 aromatic heterocycles. The number of amides is 1. The molecule has 0 fully saturated rings. The van der Waals surface area contributed by atoms with E-state index >= 15 is 0 Å². The van der Waals surface area contributed by atoms with Crippen LogP contribution in [-0.2, 0) is 11.2 Å². The molecule has 1 aromatic carbocycles. The molecule has 4 N–H and O–H groups in total. The number of rotatable bonds is 7. The molecule has 0 aliphatic heterocycles. The summed E-state index contributed by atoms with van der Waals surface area (Å²) in [6, 6.07) is 9.62. The van der Waals surface area contributed by atoms with Crippen molar-refractivity contribution < 1.29 is 10.0 Å². The predicted octanol–water partition coefficient (Wildman–Crippen LogP) is 1.90. The lowest BCUT2D eigenvalue weighted by Crippen LogP contribution is -2.43. The Labute approximate surface area is 119 Å². The first-order valence-electron chi connectivity index (χ1n) is 6.90. The van der Waals surface area contributed by atoms with Gasteiger partial charge in [-0.2, -0.15) is 0 Å². The Bertz CT molecular complexity index is 446. The normalized spacial score (nSPS) is 14.6. The van der Waals surface area contributed by atoms with E-state index in [1.165, 1.54) is 0 Å². The molecule has 0 aliphatic carbocycles. The Morgan fingerprint density at radius 1 is 1.40 bits per heavy atom. The summed E-state index contributed by atoms with van der Waals surface area (Å²) < 4.78 is 0. The topological polar surface area (TPSA) is 87.7 Å². The molecule has 0 bridgehead atoms. The van der Waals surface area contributed by atoms with Crippen LogP contribution in [0.2, 0.25) is 0 Å². The number of carbonyl (C=O) groups is 1. The van der Waals surface area contributed by atoms with Crippen LogP contribution in [0.5, 0.6) is 0 Å². The summed E-state index contributed by atoms with van der Waals surface area (Å²) in [7, 11) is 0. The Kier molecular flexibility index (Phi) is 6.56. The molecule has 110 valence electrons. The van der Waals surface area contributed by atoms with Gasteiger partial charge in [0.05, 0.1) is 0 Å². The molecule has 0 radical (unpaired) electrons. The van der Waals surface area contributed by atoms with Crippen LogP contribution in [0, 0.1) is 5.92 Å². The SMILES string of the molecule is CCCC(C)NC(=O)C(Cc1ccccc1)C(N)=NO. The minimum Gasteiger partial charge on any atom is -0.409 e. The zero-order valence-corrected chi connectivity index (χ0v) is 12.0. The highest BCUT2D eigenvalue weighted by molar-refractivity contribution is 6.02. The van der Waals surface area contributed by atoms with Crippen LogP contribution in [0.25, 0.3) is 0 Å². The van der Waals surface area contributed by atoms with Gasteiger partial charge in [-0.15, -0.1) is 0 Å². The summed E-state index contributed by atoms with van der Waals surface area (Å²) in [6.07, 6.45) is 2.32. The summed E-state index contributed by atoms with van der Waals surface area (Å²) in [6.45, 7) is 4.01. The first-order chi connectivity index (χ1) is 9.58. The van der Waals surface area contributed by atoms with Crippen LogP contribution in [-0.4, -0.2) is 23.0 Å². The lowest BCUT2D eigenvalue weighted by Gasteiger charge is -2.19. The third-order valence-electron chi connectivity index (χ3n) is 3.18. The minimum absolute atomic E-state index is 0.0601. The second-order valence-corrected chi connectivity index (χ2v) is 4.97. The van der Waals surface area contributed by atoms with Gasteiger partial charge in [0.2, 0.25) is 5.91 Å². The summed E-state index contributed by atoms with van der Waals surface area (Å²) in [5, 5.41) is 14.8. The molecular formula is C15H23N3O2. The van der Waals surface area contributed by atoms with Crippen molar-refractivity contribution in [1.29, 1.82) is 0 Å². The maximum Gasteiger partial charge on any atom is 0.231 e. The number of nitrogens with one attached hydrogen (secondary N) is 1. The molecule has 5 heteroatoms. The monoisotopic (exact) mass is 277 g/mol. The van der Waals surface area contributed by atoms with E-state index in [9.17, 15) is 4.79 Å². The third-order valence-corrected chi connectivity index (χ3v) is 3.18. The lowest BCUT2D eigenvalue weighted by molar-refractivity contribution is -0.123. The lowest BCUT2D eigenvalue weighted by atomic mass is 9.97. The molecule has 1 aromatic rings. The van der Waals surface area contributed by atoms with Crippen LogP contribution in [0.1, 0.15) is 32.3 Å². The van der Waals surface area contributed by atoms with Gasteiger partial charge >= 0.3 is 0 Å². The van der Waals surface area contributed by atoms with E-state index in [0.29, 0.717) is 6.42 Å². The van der Waals surface area contributed by atoms with Gasteiger partial charge in [-0.1, -0.05) is 48.8 Å². The van der Waals surface area contributed by atoms with E-state index in [2.05, 4.69) is 17.4 Å². The summed E-state index contributed by atoms with van der Waals surface area (Å²) in [5.74, 6) is -0.915. The zero-order chi connectivity index (χ0) is 15.0. The third kappa shape index (κ3) is 4.91. The fourth-order valence-electron chi connectivity index (χ4n) is 2.10. The molecule has 0 saturated carbocycles. The maximum atomic E-state index is 12.3. The standard InChI is InChI=1S/C15H23N3O2/c1-3-7-11(2)17-15(19)13(14(16)18-20)10-12-8-5-4-6-9-12/h4-6,8-9,11,13,20H,3,7,10H2,1-2H3,(H2,16,18)(H,17,19). The van der Waals surface area contributed by atoms with E-state index < -0.39 is 5.92 Å². The Morgan fingerprint density at radius 3 is 2.60 bits per heavy atom. The second-order valence-electron chi connectivity index (χ2n) is 4.97. The van der Waals surface area contributed by atoms with Gasteiger partial charge in [0.25, 0.3) is 0 Å². The summed E-state index contributed by atoms with van der Waals surface area (Å²) in [4.78, 5) is 12.3. The average molecular weight is 277 g/mol. The molecular weight excluding hydrogens is 254 g/mol. The Hall–Kier alpha value is -2.04. The van der Waals surface area contributed by atoms with Gasteiger partial charge in [-0.05, 0) is 25.3 Å². The fraction of sp³-hybridized carbons (Fsp3) is 0.467. The van der Waals surface area contributed by atoms with Gasteiger partial charge in [0, 0.05) is 6.04 Å². The van der Waals surface area contributed by atoms with Gasteiger partial charge in [-0.3, -0.25) is 4.79 Å². The van der Waals surface area contributed by atoms with Crippen LogP contribution >= 0.6 is 0 Å². The number of carbonyl (C=O) groups excluding carboxylic acids is 1. The zero-order valence-electron chi connectivity index (χ0n) is 12.0. The van der Waals surface area contributed by atoms with Crippen molar-refractivity contribution in [3.05, 3.63) is 35.9 Å². The minimum atomic E-state index is -0.651. The van der Waals surface area contributed by atoms with E-state index in [-0.39, 0.29) is 17.8 Å². The van der Waals surface area contributed by atoms with E-state index in [1.807, 2.05) is 37.3 Å². The van der Waals surface area contributed by atoms with Crippen molar-refractivity contribution in [2.75, 3.05) is 0 Å². The van der Waals surface area contributed by atoms with Crippen LogP contribution in [0.15, 0.2) is 35.5 Å². The number of nitrogens with two attached hydrogens (primary N) is 1. The van der Waals surface area contributed by atoms with Gasteiger partial charge < -0.3 is 16.3 Å². The molecule has 2 atom stereocenters. The summed E-state index contributed by atoms with van der Waals surface area (Å²) >= 11 is 0. The van der Waals surface area contributed by atoms with E-state index in [1.54, 1.807) is 0 Å². The van der Waals surface area contributed by atoms with Crippen molar-refractivity contribution >= 4 is 11.7 Å². The molecule has 0 heterocycles. The average Bonchev–Trinajstić information content (AvgIpc) is 2.45. The first kappa shape index (κ1) is 16.0. The largest absolute Gasteiger partial charge is 0.409 e.